The maximum atomic E-state index is 11.3. The molecule has 0 bridgehead atoms. The molecule has 0 fully saturated rings. The van der Waals surface area contributed by atoms with Gasteiger partial charge in [-0.2, -0.15) is 0 Å². The fourth-order valence-corrected chi connectivity index (χ4v) is 2.22. The zero-order chi connectivity index (χ0) is 10.1. The molecule has 0 aliphatic carbocycles. The van der Waals surface area contributed by atoms with Crippen LogP contribution in [0.25, 0.3) is 0 Å². The molecular weight excluding hydrogens is 210 g/mol. The summed E-state index contributed by atoms with van der Waals surface area (Å²) in [5, 5.41) is 0.345. The Morgan fingerprint density at radius 1 is 1.54 bits per heavy atom. The van der Waals surface area contributed by atoms with Crippen LogP contribution in [0.15, 0.2) is 17.2 Å². The Bertz CT molecular complexity index is 414. The van der Waals surface area contributed by atoms with Crippen LogP contribution in [0, 0.1) is 0 Å². The van der Waals surface area contributed by atoms with Crippen molar-refractivity contribution in [1.82, 2.24) is 4.98 Å². The van der Waals surface area contributed by atoms with E-state index in [0.29, 0.717) is 17.1 Å². The first-order valence-electron chi connectivity index (χ1n) is 3.79. The summed E-state index contributed by atoms with van der Waals surface area (Å²) in [7, 11) is -3.22. The van der Waals surface area contributed by atoms with E-state index in [4.69, 9.17) is 11.6 Å². The summed E-state index contributed by atoms with van der Waals surface area (Å²) in [6, 6.07) is 1.43. The molecule has 0 spiro atoms. The second kappa shape index (κ2) is 3.64. The summed E-state index contributed by atoms with van der Waals surface area (Å²) in [4.78, 5) is 4.18. The van der Waals surface area contributed by atoms with Crippen molar-refractivity contribution in [3.63, 3.8) is 0 Å². The van der Waals surface area contributed by atoms with Gasteiger partial charge in [-0.05, 0) is 12.5 Å². The van der Waals surface area contributed by atoms with E-state index in [9.17, 15) is 8.42 Å². The quantitative estimate of drug-likeness (QED) is 0.761. The van der Waals surface area contributed by atoms with Gasteiger partial charge in [0.05, 0.1) is 15.6 Å². The van der Waals surface area contributed by atoms with E-state index >= 15 is 0 Å². The molecule has 0 aromatic carbocycles. The van der Waals surface area contributed by atoms with Crippen LogP contribution in [-0.4, -0.2) is 19.7 Å². The molecule has 13 heavy (non-hydrogen) atoms. The van der Waals surface area contributed by atoms with Crippen LogP contribution in [-0.2, 0) is 16.3 Å². The molecule has 0 unspecified atom stereocenters. The van der Waals surface area contributed by atoms with Crippen molar-refractivity contribution in [3.8, 4) is 0 Å². The van der Waals surface area contributed by atoms with Crippen molar-refractivity contribution in [2.75, 3.05) is 6.26 Å². The summed E-state index contributed by atoms with van der Waals surface area (Å²) in [5.74, 6) is 0. The maximum Gasteiger partial charge on any atom is 0.177 e. The normalized spacial score (nSPS) is 11.6. The van der Waals surface area contributed by atoms with Gasteiger partial charge in [0, 0.05) is 12.5 Å². The molecule has 1 aromatic heterocycles. The molecule has 5 heteroatoms. The number of sulfone groups is 1. The first kappa shape index (κ1) is 10.5. The lowest BCUT2D eigenvalue weighted by Gasteiger charge is -2.04. The Morgan fingerprint density at radius 3 is 2.62 bits per heavy atom. The standard InChI is InChI=1S/C8H10ClNO2S/c1-3-7-8(13(2,11)12)4-6(9)5-10-7/h4-5H,3H2,1-2H3. The monoisotopic (exact) mass is 219 g/mol. The van der Waals surface area contributed by atoms with E-state index in [1.54, 1.807) is 0 Å². The van der Waals surface area contributed by atoms with Crippen molar-refractivity contribution < 1.29 is 8.42 Å². The molecule has 1 heterocycles. The predicted octanol–water partition coefficient (Wildman–Crippen LogP) is 1.70. The number of pyridine rings is 1. The van der Waals surface area contributed by atoms with E-state index in [2.05, 4.69) is 4.98 Å². The molecule has 0 atom stereocenters. The minimum atomic E-state index is -3.22. The van der Waals surface area contributed by atoms with Crippen LogP contribution in [0.1, 0.15) is 12.6 Å². The third-order valence-corrected chi connectivity index (χ3v) is 2.99. The number of rotatable bonds is 2. The molecule has 0 saturated carbocycles. The second-order valence-corrected chi connectivity index (χ2v) is 5.14. The molecule has 0 amide bonds. The summed E-state index contributed by atoms with van der Waals surface area (Å²) in [6.45, 7) is 1.85. The van der Waals surface area contributed by atoms with E-state index < -0.39 is 9.84 Å². The Labute approximate surface area is 82.7 Å². The Kier molecular flexibility index (Phi) is 2.93. The average Bonchev–Trinajstić information content (AvgIpc) is 2.03. The minimum Gasteiger partial charge on any atom is -0.258 e. The third kappa shape index (κ3) is 2.42. The molecule has 0 aliphatic rings. The molecule has 0 N–H and O–H groups in total. The van der Waals surface area contributed by atoms with Gasteiger partial charge >= 0.3 is 0 Å². The Hall–Kier alpha value is -0.610. The van der Waals surface area contributed by atoms with Gasteiger partial charge in [-0.15, -0.1) is 0 Å². The molecule has 0 radical (unpaired) electrons. The van der Waals surface area contributed by atoms with Gasteiger partial charge in [-0.1, -0.05) is 18.5 Å². The molecule has 72 valence electrons. The fraction of sp³-hybridized carbons (Fsp3) is 0.375. The van der Waals surface area contributed by atoms with Crippen LogP contribution in [0.5, 0.6) is 0 Å². The van der Waals surface area contributed by atoms with E-state index in [-0.39, 0.29) is 4.90 Å². The molecular formula is C8H10ClNO2S. The number of halogens is 1. The molecule has 1 rings (SSSR count). The fourth-order valence-electron chi connectivity index (χ4n) is 1.04. The summed E-state index contributed by atoms with van der Waals surface area (Å²) < 4.78 is 22.5. The molecule has 0 saturated heterocycles. The maximum absolute atomic E-state index is 11.3. The highest BCUT2D eigenvalue weighted by Crippen LogP contribution is 2.18. The topological polar surface area (TPSA) is 47.0 Å². The average molecular weight is 220 g/mol. The summed E-state index contributed by atoms with van der Waals surface area (Å²) in [5.41, 5.74) is 0.562. The van der Waals surface area contributed by atoms with Gasteiger partial charge in [-0.3, -0.25) is 4.98 Å². The lowest BCUT2D eigenvalue weighted by Crippen LogP contribution is -2.03. The molecule has 3 nitrogen and oxygen atoms in total. The number of nitrogens with zero attached hydrogens (tertiary/aromatic N) is 1. The summed E-state index contributed by atoms with van der Waals surface area (Å²) >= 11 is 5.65. The van der Waals surface area contributed by atoms with Crippen molar-refractivity contribution in [2.45, 2.75) is 18.2 Å². The Balaban J connectivity index is 3.41. The van der Waals surface area contributed by atoms with Gasteiger partial charge in [-0.25, -0.2) is 8.42 Å². The number of aryl methyl sites for hydroxylation is 1. The van der Waals surface area contributed by atoms with Gasteiger partial charge in [0.25, 0.3) is 0 Å². The highest BCUT2D eigenvalue weighted by molar-refractivity contribution is 7.90. The first-order valence-corrected chi connectivity index (χ1v) is 6.06. The SMILES string of the molecule is CCc1ncc(Cl)cc1S(C)(=O)=O. The van der Waals surface area contributed by atoms with E-state index in [1.165, 1.54) is 12.3 Å². The lowest BCUT2D eigenvalue weighted by molar-refractivity contribution is 0.600. The van der Waals surface area contributed by atoms with Gasteiger partial charge < -0.3 is 0 Å². The molecule has 1 aromatic rings. The largest absolute Gasteiger partial charge is 0.258 e. The van der Waals surface area contributed by atoms with Crippen molar-refractivity contribution in [3.05, 3.63) is 23.0 Å². The third-order valence-electron chi connectivity index (χ3n) is 1.63. The van der Waals surface area contributed by atoms with Crippen LogP contribution in [0.3, 0.4) is 0 Å². The van der Waals surface area contributed by atoms with Crippen molar-refractivity contribution in [1.29, 1.82) is 0 Å². The van der Waals surface area contributed by atoms with E-state index in [0.717, 1.165) is 6.26 Å². The van der Waals surface area contributed by atoms with Crippen LogP contribution in [0.4, 0.5) is 0 Å². The summed E-state index contributed by atoms with van der Waals surface area (Å²) in [6.07, 6.45) is 3.19. The van der Waals surface area contributed by atoms with Crippen LogP contribution >= 0.6 is 11.6 Å². The van der Waals surface area contributed by atoms with Gasteiger partial charge in [0.15, 0.2) is 9.84 Å². The zero-order valence-electron chi connectivity index (χ0n) is 7.41. The highest BCUT2D eigenvalue weighted by atomic mass is 35.5. The van der Waals surface area contributed by atoms with E-state index in [1.807, 2.05) is 6.92 Å². The van der Waals surface area contributed by atoms with Crippen LogP contribution in [0.2, 0.25) is 5.02 Å². The van der Waals surface area contributed by atoms with Crippen molar-refractivity contribution in [2.24, 2.45) is 0 Å². The minimum absolute atomic E-state index is 0.225. The molecule has 0 aliphatic heterocycles. The second-order valence-electron chi connectivity index (χ2n) is 2.72. The smallest absolute Gasteiger partial charge is 0.177 e. The van der Waals surface area contributed by atoms with Gasteiger partial charge in [0.2, 0.25) is 0 Å². The number of aromatic nitrogens is 1. The predicted molar refractivity (Wildman–Crippen MR) is 51.7 cm³/mol. The highest BCUT2D eigenvalue weighted by Gasteiger charge is 2.13. The number of hydrogen-bond donors (Lipinski definition) is 0. The number of hydrogen-bond acceptors (Lipinski definition) is 3. The first-order chi connectivity index (χ1) is 5.95. The lowest BCUT2D eigenvalue weighted by atomic mass is 10.3. The van der Waals surface area contributed by atoms with Crippen LogP contribution < -0.4 is 0 Å². The zero-order valence-corrected chi connectivity index (χ0v) is 8.98. The van der Waals surface area contributed by atoms with Crippen molar-refractivity contribution >= 4 is 21.4 Å². The Morgan fingerprint density at radius 2 is 2.15 bits per heavy atom. The van der Waals surface area contributed by atoms with Gasteiger partial charge in [0.1, 0.15) is 0 Å².